The highest BCUT2D eigenvalue weighted by Gasteiger charge is 2.49. The molecule has 3 rings (SSSR count). The summed E-state index contributed by atoms with van der Waals surface area (Å²) < 4.78 is 0.656. The molecule has 3 atom stereocenters. The summed E-state index contributed by atoms with van der Waals surface area (Å²) in [6.45, 7) is 0.792. The number of likely N-dealkylation sites (tertiary alicyclic amines) is 1. The van der Waals surface area contributed by atoms with Crippen LogP contribution in [0, 0.1) is 5.92 Å². The maximum Gasteiger partial charge on any atom is 0.226 e. The average molecular weight is 327 g/mol. The van der Waals surface area contributed by atoms with Gasteiger partial charge in [-0.2, -0.15) is 0 Å². The number of carbonyl (C=O) groups is 1. The van der Waals surface area contributed by atoms with Crippen molar-refractivity contribution < 1.29 is 4.79 Å². The summed E-state index contributed by atoms with van der Waals surface area (Å²) in [5.74, 6) is 0.692. The molecule has 0 unspecified atom stereocenters. The Morgan fingerprint density at radius 1 is 1.25 bits per heavy atom. The fraction of sp³-hybridized carbons (Fsp3) is 0.462. The summed E-state index contributed by atoms with van der Waals surface area (Å²) in [4.78, 5) is 14.1. The molecular formula is C13H14INO. The van der Waals surface area contributed by atoms with Crippen LogP contribution in [-0.4, -0.2) is 20.8 Å². The van der Waals surface area contributed by atoms with Crippen molar-refractivity contribution in [2.45, 2.75) is 29.4 Å². The second kappa shape index (κ2) is 4.02. The maximum absolute atomic E-state index is 12.0. The Morgan fingerprint density at radius 3 is 2.69 bits per heavy atom. The quantitative estimate of drug-likeness (QED) is 0.604. The van der Waals surface area contributed by atoms with Crippen LogP contribution in [-0.2, 0) is 11.3 Å². The molecule has 0 aromatic heterocycles. The fourth-order valence-electron chi connectivity index (χ4n) is 2.86. The van der Waals surface area contributed by atoms with Crippen molar-refractivity contribution >= 4 is 28.5 Å². The lowest BCUT2D eigenvalue weighted by Gasteiger charge is -2.30. The lowest BCUT2D eigenvalue weighted by molar-refractivity contribution is -0.134. The van der Waals surface area contributed by atoms with Gasteiger partial charge in [0, 0.05) is 22.4 Å². The van der Waals surface area contributed by atoms with Crippen molar-refractivity contribution in [2.24, 2.45) is 5.92 Å². The van der Waals surface area contributed by atoms with Gasteiger partial charge in [-0.1, -0.05) is 52.9 Å². The zero-order valence-electron chi connectivity index (χ0n) is 8.97. The number of nitrogens with zero attached hydrogens (tertiary/aromatic N) is 1. The number of alkyl halides is 1. The summed E-state index contributed by atoms with van der Waals surface area (Å²) in [5, 5.41) is 0. The van der Waals surface area contributed by atoms with Crippen LogP contribution >= 0.6 is 22.6 Å². The Kier molecular flexibility index (Phi) is 2.65. The highest BCUT2D eigenvalue weighted by Crippen LogP contribution is 2.43. The van der Waals surface area contributed by atoms with E-state index in [2.05, 4.69) is 39.6 Å². The summed E-state index contributed by atoms with van der Waals surface area (Å²) in [5.41, 5.74) is 1.24. The molecule has 1 aromatic carbocycles. The van der Waals surface area contributed by atoms with E-state index in [4.69, 9.17) is 0 Å². The summed E-state index contributed by atoms with van der Waals surface area (Å²) in [6, 6.07) is 10.8. The Bertz CT molecular complexity index is 406. The van der Waals surface area contributed by atoms with E-state index in [1.807, 2.05) is 18.2 Å². The van der Waals surface area contributed by atoms with Crippen LogP contribution in [0.2, 0.25) is 0 Å². The first-order chi connectivity index (χ1) is 7.75. The van der Waals surface area contributed by atoms with Crippen LogP contribution in [0.4, 0.5) is 0 Å². The van der Waals surface area contributed by atoms with Crippen LogP contribution in [0.15, 0.2) is 30.3 Å². The van der Waals surface area contributed by atoms with E-state index in [0.717, 1.165) is 19.4 Å². The Morgan fingerprint density at radius 2 is 2.00 bits per heavy atom. The van der Waals surface area contributed by atoms with Gasteiger partial charge < -0.3 is 4.90 Å². The van der Waals surface area contributed by atoms with Crippen LogP contribution < -0.4 is 0 Å². The minimum Gasteiger partial charge on any atom is -0.334 e. The number of rotatable bonds is 2. The number of hydrogen-bond donors (Lipinski definition) is 0. The number of carbonyl (C=O) groups excluding carboxylic acids is 1. The van der Waals surface area contributed by atoms with Gasteiger partial charge >= 0.3 is 0 Å². The molecule has 3 heteroatoms. The second-order valence-corrected chi connectivity index (χ2v) is 6.30. The van der Waals surface area contributed by atoms with Gasteiger partial charge in [0.2, 0.25) is 5.91 Å². The van der Waals surface area contributed by atoms with Crippen LogP contribution in [0.5, 0.6) is 0 Å². The molecule has 1 aromatic rings. The fourth-order valence-corrected chi connectivity index (χ4v) is 4.16. The molecule has 1 amide bonds. The number of fused-ring (bicyclic) bond motifs is 2. The van der Waals surface area contributed by atoms with E-state index < -0.39 is 0 Å². The van der Waals surface area contributed by atoms with E-state index in [1.165, 1.54) is 5.56 Å². The lowest BCUT2D eigenvalue weighted by atomic mass is 10.1. The Labute approximate surface area is 109 Å². The van der Waals surface area contributed by atoms with Gasteiger partial charge in [0.1, 0.15) is 0 Å². The lowest BCUT2D eigenvalue weighted by Crippen LogP contribution is -2.41. The van der Waals surface area contributed by atoms with Crippen molar-refractivity contribution in [3.63, 3.8) is 0 Å². The standard InChI is InChI=1S/C13H14INO/c14-11-6-10-7-12(11)15(13(10)16)8-9-4-2-1-3-5-9/h1-5,10-12H,6-8H2/t10-,11-,12-/m1/s1. The van der Waals surface area contributed by atoms with Crippen molar-refractivity contribution in [1.29, 1.82) is 0 Å². The molecule has 2 nitrogen and oxygen atoms in total. The van der Waals surface area contributed by atoms with Crippen molar-refractivity contribution in [3.8, 4) is 0 Å². The van der Waals surface area contributed by atoms with Crippen molar-refractivity contribution in [2.75, 3.05) is 0 Å². The molecule has 2 bridgehead atoms. The zero-order valence-corrected chi connectivity index (χ0v) is 11.1. The van der Waals surface area contributed by atoms with E-state index >= 15 is 0 Å². The molecule has 0 spiro atoms. The zero-order chi connectivity index (χ0) is 11.1. The van der Waals surface area contributed by atoms with Crippen molar-refractivity contribution in [1.82, 2.24) is 4.90 Å². The minimum atomic E-state index is 0.315. The van der Waals surface area contributed by atoms with Crippen LogP contribution in [0.25, 0.3) is 0 Å². The molecule has 2 fully saturated rings. The van der Waals surface area contributed by atoms with Gasteiger partial charge in [-0.05, 0) is 18.4 Å². The molecule has 84 valence electrons. The Hall–Kier alpha value is -0.580. The van der Waals surface area contributed by atoms with Gasteiger partial charge in [0.15, 0.2) is 0 Å². The first-order valence-electron chi connectivity index (χ1n) is 5.74. The molecular weight excluding hydrogens is 313 g/mol. The second-order valence-electron chi connectivity index (χ2n) is 4.70. The highest BCUT2D eigenvalue weighted by molar-refractivity contribution is 14.1. The van der Waals surface area contributed by atoms with E-state index in [1.54, 1.807) is 0 Å². The predicted octanol–water partition coefficient (Wildman–Crippen LogP) is 2.61. The molecule has 16 heavy (non-hydrogen) atoms. The maximum atomic E-state index is 12.0. The van der Waals surface area contributed by atoms with E-state index in [-0.39, 0.29) is 0 Å². The molecule has 1 heterocycles. The van der Waals surface area contributed by atoms with Gasteiger partial charge in [0.05, 0.1) is 0 Å². The molecule has 1 aliphatic heterocycles. The summed E-state index contributed by atoms with van der Waals surface area (Å²) >= 11 is 2.50. The largest absolute Gasteiger partial charge is 0.334 e. The predicted molar refractivity (Wildman–Crippen MR) is 71.3 cm³/mol. The smallest absolute Gasteiger partial charge is 0.226 e. The van der Waals surface area contributed by atoms with Gasteiger partial charge in [-0.3, -0.25) is 4.79 Å². The average Bonchev–Trinajstić information content (AvgIpc) is 2.80. The van der Waals surface area contributed by atoms with Gasteiger partial charge in [-0.25, -0.2) is 0 Å². The van der Waals surface area contributed by atoms with Crippen molar-refractivity contribution in [3.05, 3.63) is 35.9 Å². The molecule has 1 saturated heterocycles. The summed E-state index contributed by atoms with van der Waals surface area (Å²) in [7, 11) is 0. The third-order valence-corrected chi connectivity index (χ3v) is 5.02. The molecule has 1 aliphatic carbocycles. The molecule has 1 saturated carbocycles. The first-order valence-corrected chi connectivity index (χ1v) is 6.99. The van der Waals surface area contributed by atoms with E-state index in [0.29, 0.717) is 21.8 Å². The third-order valence-electron chi connectivity index (χ3n) is 3.68. The molecule has 0 radical (unpaired) electrons. The monoisotopic (exact) mass is 327 g/mol. The SMILES string of the molecule is O=C1[C@@H]2C[C@@H](I)[C@@H](C2)N1Cc1ccccc1. The first kappa shape index (κ1) is 10.6. The topological polar surface area (TPSA) is 20.3 Å². The van der Waals surface area contributed by atoms with E-state index in [9.17, 15) is 4.79 Å². The number of piperidine rings is 1. The van der Waals surface area contributed by atoms with Crippen LogP contribution in [0.1, 0.15) is 18.4 Å². The third kappa shape index (κ3) is 1.65. The molecule has 2 aliphatic rings. The normalized spacial score (nSPS) is 32.4. The molecule has 0 N–H and O–H groups in total. The highest BCUT2D eigenvalue weighted by atomic mass is 127. The van der Waals surface area contributed by atoms with Gasteiger partial charge in [0.25, 0.3) is 0 Å². The number of halogens is 1. The Balaban J connectivity index is 1.79. The summed E-state index contributed by atoms with van der Waals surface area (Å²) in [6.07, 6.45) is 2.18. The number of benzene rings is 1. The number of hydrogen-bond acceptors (Lipinski definition) is 1. The van der Waals surface area contributed by atoms with Crippen LogP contribution in [0.3, 0.4) is 0 Å². The van der Waals surface area contributed by atoms with Gasteiger partial charge in [-0.15, -0.1) is 0 Å². The minimum absolute atomic E-state index is 0.315. The number of amides is 1.